The lowest BCUT2D eigenvalue weighted by Crippen LogP contribution is -2.01. The number of aromatic amines is 2. The van der Waals surface area contributed by atoms with Crippen LogP contribution in [0.2, 0.25) is 0 Å². The second-order valence-electron chi connectivity index (χ2n) is 5.04. The van der Waals surface area contributed by atoms with Crippen molar-refractivity contribution in [1.29, 1.82) is 0 Å². The van der Waals surface area contributed by atoms with Crippen LogP contribution in [0.25, 0.3) is 43.9 Å². The van der Waals surface area contributed by atoms with Crippen molar-refractivity contribution in [3.05, 3.63) is 49.1 Å². The molecule has 0 bridgehead atoms. The summed E-state index contributed by atoms with van der Waals surface area (Å²) in [5.41, 5.74) is 5.68. The first-order valence-electron chi connectivity index (χ1n) is 6.72. The van der Waals surface area contributed by atoms with Gasteiger partial charge in [-0.3, -0.25) is 4.98 Å². The average Bonchev–Trinajstić information content (AvgIpc) is 3.02. The fraction of sp³-hybridized carbons (Fsp3) is 0. The Morgan fingerprint density at radius 3 is 2.86 bits per heavy atom. The topological polar surface area (TPSA) is 68.6 Å². The van der Waals surface area contributed by atoms with Gasteiger partial charge in [0, 0.05) is 11.6 Å². The van der Waals surface area contributed by atoms with Gasteiger partial charge in [0.15, 0.2) is 0 Å². The Balaban J connectivity index is 2.04. The molecular weight excluding hydrogens is 262 g/mol. The molecule has 21 heavy (non-hydrogen) atoms. The van der Waals surface area contributed by atoms with Gasteiger partial charge < -0.3 is 4.98 Å². The van der Waals surface area contributed by atoms with Crippen molar-refractivity contribution in [2.75, 3.05) is 0 Å². The van der Waals surface area contributed by atoms with E-state index in [2.05, 4.69) is 19.9 Å². The summed E-state index contributed by atoms with van der Waals surface area (Å²) in [7, 11) is 0. The summed E-state index contributed by atoms with van der Waals surface area (Å²) in [5.74, 6) is 0. The van der Waals surface area contributed by atoms with Crippen molar-refractivity contribution in [3.63, 3.8) is 0 Å². The number of nitrogens with one attached hydrogen (secondary N) is 2. The molecule has 0 saturated heterocycles. The third-order valence-electron chi connectivity index (χ3n) is 3.83. The largest absolute Gasteiger partial charge is 0.348 e. The van der Waals surface area contributed by atoms with Gasteiger partial charge in [-0.15, -0.1) is 0 Å². The van der Waals surface area contributed by atoms with Crippen LogP contribution in [-0.2, 0) is 0 Å². The maximum absolute atomic E-state index is 4.81. The highest BCUT2D eigenvalue weighted by molar-refractivity contribution is 6.08. The van der Waals surface area contributed by atoms with Gasteiger partial charge in [-0.2, -0.15) is 0 Å². The molecule has 98 valence electrons. The van der Waals surface area contributed by atoms with Gasteiger partial charge in [0.2, 0.25) is 5.52 Å². The summed E-state index contributed by atoms with van der Waals surface area (Å²) in [6.07, 6.45) is 5.43. The maximum Gasteiger partial charge on any atom is 0.284 e. The molecule has 0 radical (unpaired) electrons. The van der Waals surface area contributed by atoms with Crippen LogP contribution in [0.3, 0.4) is 0 Å². The number of hydrogen-bond donors (Lipinski definition) is 1. The molecule has 0 aliphatic carbocycles. The van der Waals surface area contributed by atoms with E-state index in [1.165, 1.54) is 0 Å². The number of rotatable bonds is 0. The van der Waals surface area contributed by atoms with Crippen molar-refractivity contribution in [3.8, 4) is 0 Å². The SMILES string of the molecule is c1cc2c(ccc3[nH]c4c(ccc5c[nH+]cnc54)nc32)n1. The monoisotopic (exact) mass is 272 g/mol. The molecule has 3 aromatic heterocycles. The standard InChI is InChI=1S/C16H9N5/c1-2-13-16(14-9(1)7-17-8-19-14)21-12-4-3-11-10(5-6-18-11)15(12)20-13/h1-8,21H/p+1. The van der Waals surface area contributed by atoms with E-state index < -0.39 is 0 Å². The summed E-state index contributed by atoms with van der Waals surface area (Å²) in [5, 5.41) is 2.12. The van der Waals surface area contributed by atoms with Gasteiger partial charge >= 0.3 is 0 Å². The van der Waals surface area contributed by atoms with Crippen molar-refractivity contribution in [2.45, 2.75) is 0 Å². The summed E-state index contributed by atoms with van der Waals surface area (Å²) in [6.45, 7) is 0. The van der Waals surface area contributed by atoms with Gasteiger partial charge in [0.05, 0.1) is 33.6 Å². The maximum atomic E-state index is 4.81. The normalized spacial score (nSPS) is 11.8. The Morgan fingerprint density at radius 1 is 0.905 bits per heavy atom. The third kappa shape index (κ3) is 1.40. The van der Waals surface area contributed by atoms with Gasteiger partial charge in [0.1, 0.15) is 5.52 Å². The first-order chi connectivity index (χ1) is 10.4. The minimum Gasteiger partial charge on any atom is -0.348 e. The van der Waals surface area contributed by atoms with Gasteiger partial charge in [-0.05, 0) is 35.3 Å². The van der Waals surface area contributed by atoms with Gasteiger partial charge in [-0.25, -0.2) is 9.97 Å². The first-order valence-corrected chi connectivity index (χ1v) is 6.72. The molecule has 5 nitrogen and oxygen atoms in total. The molecule has 0 aliphatic heterocycles. The highest BCUT2D eigenvalue weighted by atomic mass is 14.9. The average molecular weight is 272 g/mol. The molecule has 0 atom stereocenters. The molecule has 0 saturated carbocycles. The third-order valence-corrected chi connectivity index (χ3v) is 3.83. The number of fused-ring (bicyclic) bond motifs is 6. The molecule has 0 spiro atoms. The molecular formula is C16H10N5+. The fourth-order valence-corrected chi connectivity index (χ4v) is 2.84. The van der Waals surface area contributed by atoms with E-state index in [0.717, 1.165) is 43.9 Å². The molecule has 2 aromatic carbocycles. The van der Waals surface area contributed by atoms with Crippen molar-refractivity contribution < 1.29 is 4.98 Å². The Hall–Kier alpha value is -3.08. The van der Waals surface area contributed by atoms with Crippen molar-refractivity contribution >= 4 is 43.9 Å². The summed E-state index contributed by atoms with van der Waals surface area (Å²) in [4.78, 5) is 20.0. The van der Waals surface area contributed by atoms with Crippen LogP contribution in [0.4, 0.5) is 0 Å². The van der Waals surface area contributed by atoms with E-state index in [9.17, 15) is 0 Å². The minimum absolute atomic E-state index is 0.905. The Morgan fingerprint density at radius 2 is 1.86 bits per heavy atom. The number of benzene rings is 2. The van der Waals surface area contributed by atoms with E-state index in [1.807, 2.05) is 42.7 Å². The Labute approximate surface area is 118 Å². The molecule has 3 heterocycles. The lowest BCUT2D eigenvalue weighted by Gasteiger charge is -2.04. The van der Waals surface area contributed by atoms with Crippen molar-refractivity contribution in [1.82, 2.24) is 19.9 Å². The quantitative estimate of drug-likeness (QED) is 0.348. The lowest BCUT2D eigenvalue weighted by atomic mass is 10.1. The summed E-state index contributed by atoms with van der Waals surface area (Å²) in [6, 6.07) is 10.1. The zero-order chi connectivity index (χ0) is 13.8. The highest BCUT2D eigenvalue weighted by Crippen LogP contribution is 2.26. The second kappa shape index (κ2) is 3.73. The smallest absolute Gasteiger partial charge is 0.284 e. The summed E-state index contributed by atoms with van der Waals surface area (Å²) >= 11 is 0. The van der Waals surface area contributed by atoms with Crippen LogP contribution in [0.5, 0.6) is 0 Å². The van der Waals surface area contributed by atoms with Crippen LogP contribution < -0.4 is 4.98 Å². The molecule has 0 fully saturated rings. The zero-order valence-electron chi connectivity index (χ0n) is 11.0. The molecule has 0 unspecified atom stereocenters. The van der Waals surface area contributed by atoms with Crippen molar-refractivity contribution in [2.24, 2.45) is 0 Å². The van der Waals surface area contributed by atoms with Crippen LogP contribution in [0.1, 0.15) is 0 Å². The molecule has 2 N–H and O–H groups in total. The van der Waals surface area contributed by atoms with Crippen LogP contribution in [0.15, 0.2) is 49.1 Å². The van der Waals surface area contributed by atoms with Gasteiger partial charge in [-0.1, -0.05) is 0 Å². The molecule has 5 heteroatoms. The first kappa shape index (κ1) is 10.7. The molecule has 5 aromatic rings. The Kier molecular flexibility index (Phi) is 1.90. The molecule has 5 rings (SSSR count). The molecule has 0 amide bonds. The van der Waals surface area contributed by atoms with Crippen LogP contribution >= 0.6 is 0 Å². The van der Waals surface area contributed by atoms with E-state index >= 15 is 0 Å². The van der Waals surface area contributed by atoms with E-state index in [4.69, 9.17) is 4.98 Å². The van der Waals surface area contributed by atoms with Crippen LogP contribution in [0, 0.1) is 0 Å². The number of aromatic nitrogens is 5. The van der Waals surface area contributed by atoms with Gasteiger partial charge in [0.25, 0.3) is 6.33 Å². The number of H-pyrrole nitrogens is 2. The number of hydrogen-bond acceptors (Lipinski definition) is 3. The molecule has 0 aliphatic rings. The minimum atomic E-state index is 0.905. The second-order valence-corrected chi connectivity index (χ2v) is 5.04. The highest BCUT2D eigenvalue weighted by Gasteiger charge is 2.11. The lowest BCUT2D eigenvalue weighted by molar-refractivity contribution is -0.380. The Bertz CT molecular complexity index is 1140. The van der Waals surface area contributed by atoms with E-state index in [-0.39, 0.29) is 0 Å². The van der Waals surface area contributed by atoms with E-state index in [1.54, 1.807) is 6.33 Å². The van der Waals surface area contributed by atoms with E-state index in [0.29, 0.717) is 0 Å². The van der Waals surface area contributed by atoms with Crippen LogP contribution in [-0.4, -0.2) is 19.9 Å². The zero-order valence-corrected chi connectivity index (χ0v) is 11.0. The fourth-order valence-electron chi connectivity index (χ4n) is 2.84. The number of nitrogens with zero attached hydrogens (tertiary/aromatic N) is 3. The predicted octanol–water partition coefficient (Wildman–Crippen LogP) is 2.63. The summed E-state index contributed by atoms with van der Waals surface area (Å²) < 4.78 is 0. The predicted molar refractivity (Wildman–Crippen MR) is 80.8 cm³/mol.